The van der Waals surface area contributed by atoms with E-state index in [1.54, 1.807) is 0 Å². The summed E-state index contributed by atoms with van der Waals surface area (Å²) in [6, 6.07) is 7.09. The summed E-state index contributed by atoms with van der Waals surface area (Å²) in [5.41, 5.74) is 4.18. The molecule has 1 aliphatic rings. The highest BCUT2D eigenvalue weighted by atomic mass is 32.1. The van der Waals surface area contributed by atoms with Crippen LogP contribution in [0.25, 0.3) is 0 Å². The second-order valence-corrected chi connectivity index (χ2v) is 7.26. The lowest BCUT2D eigenvalue weighted by Crippen LogP contribution is -2.29. The molecule has 0 radical (unpaired) electrons. The first-order chi connectivity index (χ1) is 10.2. The van der Waals surface area contributed by atoms with Gasteiger partial charge in [0.25, 0.3) is 0 Å². The average Bonchev–Trinajstić information content (AvgIpc) is 2.84. The lowest BCUT2D eigenvalue weighted by molar-refractivity contribution is 0.405. The summed E-state index contributed by atoms with van der Waals surface area (Å²) in [7, 11) is 0. The van der Waals surface area contributed by atoms with Crippen LogP contribution in [-0.4, -0.2) is 11.5 Å². The zero-order chi connectivity index (χ0) is 14.8. The highest BCUT2D eigenvalue weighted by Gasteiger charge is 2.30. The summed E-state index contributed by atoms with van der Waals surface area (Å²) in [5, 5.41) is 3.72. The maximum atomic E-state index is 4.72. The van der Waals surface area contributed by atoms with Gasteiger partial charge < -0.3 is 5.32 Å². The number of hydrogen-bond acceptors (Lipinski definition) is 3. The minimum atomic E-state index is 0.404. The van der Waals surface area contributed by atoms with Crippen LogP contribution in [0.1, 0.15) is 58.3 Å². The van der Waals surface area contributed by atoms with Crippen molar-refractivity contribution in [3.8, 4) is 0 Å². The monoisotopic (exact) mass is 300 g/mol. The van der Waals surface area contributed by atoms with Gasteiger partial charge in [0.2, 0.25) is 0 Å². The summed E-state index contributed by atoms with van der Waals surface area (Å²) in [5.74, 6) is 0.507. The van der Waals surface area contributed by atoms with E-state index >= 15 is 0 Å². The van der Waals surface area contributed by atoms with E-state index in [0.29, 0.717) is 12.0 Å². The second-order valence-electron chi connectivity index (χ2n) is 5.97. The van der Waals surface area contributed by atoms with Gasteiger partial charge in [0, 0.05) is 33.6 Å². The fourth-order valence-electron chi connectivity index (χ4n) is 3.39. The van der Waals surface area contributed by atoms with Crippen molar-refractivity contribution in [2.45, 2.75) is 52.0 Å². The Balaban J connectivity index is 1.98. The van der Waals surface area contributed by atoms with Crippen LogP contribution in [0.3, 0.4) is 0 Å². The molecule has 21 heavy (non-hydrogen) atoms. The van der Waals surface area contributed by atoms with E-state index in [4.69, 9.17) is 4.98 Å². The molecule has 2 aromatic heterocycles. The quantitative estimate of drug-likeness (QED) is 0.897. The zero-order valence-electron chi connectivity index (χ0n) is 13.1. The molecule has 0 aromatic carbocycles. The van der Waals surface area contributed by atoms with Crippen molar-refractivity contribution in [1.29, 1.82) is 0 Å². The Labute approximate surface area is 131 Å². The normalized spacial score (nSPS) is 19.3. The van der Waals surface area contributed by atoms with Gasteiger partial charge >= 0.3 is 0 Å². The molecule has 112 valence electrons. The first-order valence-electron chi connectivity index (χ1n) is 7.94. The van der Waals surface area contributed by atoms with Gasteiger partial charge in [-0.3, -0.25) is 4.98 Å². The summed E-state index contributed by atoms with van der Waals surface area (Å²) in [6.45, 7) is 7.63. The third kappa shape index (κ3) is 2.90. The molecule has 2 heterocycles. The van der Waals surface area contributed by atoms with Gasteiger partial charge in [-0.25, -0.2) is 0 Å². The fraction of sp³-hybridized carbons (Fsp3) is 0.500. The standard InChI is InChI=1S/C18H24N2S/c1-4-19-18(16-11-12(2)13(3)21-16)15-9-5-7-14-8-6-10-20-17(14)15/h6,8,10-11,15,18-19H,4-5,7,9H2,1-3H3. The van der Waals surface area contributed by atoms with Gasteiger partial charge in [-0.15, -0.1) is 11.3 Å². The Morgan fingerprint density at radius 3 is 3.00 bits per heavy atom. The largest absolute Gasteiger partial charge is 0.309 e. The number of likely N-dealkylation sites (N-methyl/N-ethyl adjacent to an activating group) is 1. The van der Waals surface area contributed by atoms with E-state index in [-0.39, 0.29) is 0 Å². The molecule has 0 saturated carbocycles. The van der Waals surface area contributed by atoms with Crippen molar-refractivity contribution in [3.63, 3.8) is 0 Å². The van der Waals surface area contributed by atoms with Crippen LogP contribution >= 0.6 is 11.3 Å². The number of aromatic nitrogens is 1. The number of fused-ring (bicyclic) bond motifs is 1. The minimum Gasteiger partial charge on any atom is -0.309 e. The lowest BCUT2D eigenvalue weighted by atomic mass is 9.81. The van der Waals surface area contributed by atoms with Crippen molar-refractivity contribution >= 4 is 11.3 Å². The number of aryl methyl sites for hydroxylation is 3. The number of thiophene rings is 1. The molecule has 3 heteroatoms. The van der Waals surface area contributed by atoms with Gasteiger partial charge in [0.1, 0.15) is 0 Å². The van der Waals surface area contributed by atoms with E-state index < -0.39 is 0 Å². The maximum Gasteiger partial charge on any atom is 0.0499 e. The summed E-state index contributed by atoms with van der Waals surface area (Å²) in [6.07, 6.45) is 5.64. The third-order valence-corrected chi connectivity index (χ3v) is 5.79. The Morgan fingerprint density at radius 2 is 2.29 bits per heavy atom. The zero-order valence-corrected chi connectivity index (χ0v) is 14.0. The van der Waals surface area contributed by atoms with Gasteiger partial charge in [-0.2, -0.15) is 0 Å². The van der Waals surface area contributed by atoms with Crippen molar-refractivity contribution < 1.29 is 0 Å². The predicted octanol–water partition coefficient (Wildman–Crippen LogP) is 4.53. The molecule has 2 atom stereocenters. The van der Waals surface area contributed by atoms with Crippen molar-refractivity contribution in [2.75, 3.05) is 6.54 Å². The molecule has 0 bridgehead atoms. The van der Waals surface area contributed by atoms with Crippen LogP contribution in [0.15, 0.2) is 24.4 Å². The van der Waals surface area contributed by atoms with Crippen LogP contribution < -0.4 is 5.32 Å². The minimum absolute atomic E-state index is 0.404. The predicted molar refractivity (Wildman–Crippen MR) is 90.1 cm³/mol. The van der Waals surface area contributed by atoms with E-state index in [0.717, 1.165) is 6.54 Å². The van der Waals surface area contributed by atoms with Gasteiger partial charge in [-0.1, -0.05) is 13.0 Å². The number of nitrogens with one attached hydrogen (secondary N) is 1. The number of nitrogens with zero attached hydrogens (tertiary/aromatic N) is 1. The molecule has 2 unspecified atom stereocenters. The number of rotatable bonds is 4. The van der Waals surface area contributed by atoms with Crippen LogP contribution in [0.4, 0.5) is 0 Å². The lowest BCUT2D eigenvalue weighted by Gasteiger charge is -2.31. The highest BCUT2D eigenvalue weighted by Crippen LogP contribution is 2.41. The second kappa shape index (κ2) is 6.29. The molecular weight excluding hydrogens is 276 g/mol. The number of hydrogen-bond donors (Lipinski definition) is 1. The van der Waals surface area contributed by atoms with E-state index in [9.17, 15) is 0 Å². The Hall–Kier alpha value is -1.19. The molecule has 0 saturated heterocycles. The van der Waals surface area contributed by atoms with E-state index in [1.807, 2.05) is 17.5 Å². The van der Waals surface area contributed by atoms with Gasteiger partial charge in [0.15, 0.2) is 0 Å². The van der Waals surface area contributed by atoms with Crippen LogP contribution in [0.2, 0.25) is 0 Å². The first-order valence-corrected chi connectivity index (χ1v) is 8.76. The smallest absolute Gasteiger partial charge is 0.0499 e. The summed E-state index contributed by atoms with van der Waals surface area (Å²) < 4.78 is 0. The average molecular weight is 300 g/mol. The molecule has 0 amide bonds. The van der Waals surface area contributed by atoms with Crippen LogP contribution in [0.5, 0.6) is 0 Å². The topological polar surface area (TPSA) is 24.9 Å². The highest BCUT2D eigenvalue weighted by molar-refractivity contribution is 7.12. The van der Waals surface area contributed by atoms with Gasteiger partial charge in [0.05, 0.1) is 0 Å². The first kappa shape index (κ1) is 14.7. The molecule has 0 fully saturated rings. The fourth-order valence-corrected chi connectivity index (χ4v) is 4.57. The Bertz CT molecular complexity index is 598. The van der Waals surface area contributed by atoms with Crippen molar-refractivity contribution in [1.82, 2.24) is 10.3 Å². The molecule has 2 aromatic rings. The Morgan fingerprint density at radius 1 is 1.43 bits per heavy atom. The number of pyridine rings is 1. The molecule has 0 aliphatic heterocycles. The third-order valence-electron chi connectivity index (χ3n) is 4.56. The molecular formula is C18H24N2S. The molecule has 2 nitrogen and oxygen atoms in total. The van der Waals surface area contributed by atoms with Crippen LogP contribution in [-0.2, 0) is 6.42 Å². The Kier molecular flexibility index (Phi) is 4.41. The van der Waals surface area contributed by atoms with Crippen LogP contribution in [0, 0.1) is 13.8 Å². The summed E-state index contributed by atoms with van der Waals surface area (Å²) >= 11 is 1.94. The molecule has 3 rings (SSSR count). The van der Waals surface area contributed by atoms with Crippen molar-refractivity contribution in [2.24, 2.45) is 0 Å². The van der Waals surface area contributed by atoms with Crippen molar-refractivity contribution in [3.05, 3.63) is 51.0 Å². The maximum absolute atomic E-state index is 4.72. The van der Waals surface area contributed by atoms with E-state index in [1.165, 1.54) is 45.8 Å². The SMILES string of the molecule is CCNC(c1cc(C)c(C)s1)C1CCCc2cccnc21. The molecule has 1 aliphatic carbocycles. The molecule has 0 spiro atoms. The van der Waals surface area contributed by atoms with Gasteiger partial charge in [-0.05, 0) is 62.9 Å². The van der Waals surface area contributed by atoms with E-state index in [2.05, 4.69) is 44.3 Å². The molecule has 1 N–H and O–H groups in total. The summed E-state index contributed by atoms with van der Waals surface area (Å²) in [4.78, 5) is 7.63.